The molecule has 1 aliphatic carbocycles. The number of rotatable bonds is 7. The van der Waals surface area contributed by atoms with E-state index in [1.165, 1.54) is 24.3 Å². The maximum Gasteiger partial charge on any atom is 0.416 e. The summed E-state index contributed by atoms with van der Waals surface area (Å²) < 4.78 is 62.9. The second kappa shape index (κ2) is 8.96. The molecule has 0 amide bonds. The Balaban J connectivity index is 1.45. The van der Waals surface area contributed by atoms with Crippen LogP contribution in [-0.4, -0.2) is 29.2 Å². The molecule has 1 unspecified atom stereocenters. The minimum Gasteiger partial charge on any atom is -0.373 e. The van der Waals surface area contributed by atoms with Crippen molar-refractivity contribution < 1.29 is 22.3 Å². The summed E-state index contributed by atoms with van der Waals surface area (Å²) in [6, 6.07) is 8.85. The number of alkyl halides is 3. The van der Waals surface area contributed by atoms with Gasteiger partial charge in [-0.05, 0) is 81.4 Å². The molecule has 2 aromatic carbocycles. The maximum absolute atomic E-state index is 13.8. The zero-order valence-corrected chi connectivity index (χ0v) is 19.2. The second-order valence-electron chi connectivity index (χ2n) is 9.76. The summed E-state index contributed by atoms with van der Waals surface area (Å²) in [5.74, 6) is 0.217. The lowest BCUT2D eigenvalue weighted by molar-refractivity contribution is -0.137. The smallest absolute Gasteiger partial charge is 0.373 e. The van der Waals surface area contributed by atoms with Crippen LogP contribution < -0.4 is 5.32 Å². The van der Waals surface area contributed by atoms with Gasteiger partial charge in [-0.25, -0.2) is 9.37 Å². The van der Waals surface area contributed by atoms with Crippen LogP contribution in [-0.2, 0) is 22.9 Å². The molecule has 0 spiro atoms. The van der Waals surface area contributed by atoms with Gasteiger partial charge >= 0.3 is 6.18 Å². The minimum absolute atomic E-state index is 0.296. The average molecular weight is 476 g/mol. The van der Waals surface area contributed by atoms with E-state index in [0.717, 1.165) is 44.3 Å². The molecule has 1 saturated heterocycles. The predicted molar refractivity (Wildman–Crippen MR) is 122 cm³/mol. The summed E-state index contributed by atoms with van der Waals surface area (Å²) in [6.45, 7) is 4.41. The van der Waals surface area contributed by atoms with E-state index in [1.807, 2.05) is 4.57 Å². The standard InChI is InChI=1S/C26H29F4N3O/c1-17(34-15-25(8-10-31-11-9-25)19-4-6-21(27)7-5-19)22-12-20(26(28,29)30)13-23-24(22)32-16-33(23)14-18-2-3-18/h4-7,12-13,16-18,31H,2-3,8-11,14-15H2,1H3. The molecule has 2 fully saturated rings. The number of fused-ring (bicyclic) bond motifs is 1. The quantitative estimate of drug-likeness (QED) is 0.426. The average Bonchev–Trinajstić information content (AvgIpc) is 3.55. The number of ether oxygens (including phenoxy) is 1. The summed E-state index contributed by atoms with van der Waals surface area (Å²) in [5.41, 5.74) is 1.50. The van der Waals surface area contributed by atoms with Crippen LogP contribution in [0.3, 0.4) is 0 Å². The van der Waals surface area contributed by atoms with E-state index in [0.29, 0.717) is 35.7 Å². The van der Waals surface area contributed by atoms with Gasteiger partial charge in [-0.1, -0.05) is 12.1 Å². The van der Waals surface area contributed by atoms with Crippen LogP contribution in [0.15, 0.2) is 42.7 Å². The van der Waals surface area contributed by atoms with E-state index in [2.05, 4.69) is 10.3 Å². The molecule has 34 heavy (non-hydrogen) atoms. The summed E-state index contributed by atoms with van der Waals surface area (Å²) in [5, 5.41) is 3.34. The Labute approximate surface area is 196 Å². The van der Waals surface area contributed by atoms with Crippen LogP contribution >= 0.6 is 0 Å². The molecule has 1 aromatic heterocycles. The molecule has 182 valence electrons. The van der Waals surface area contributed by atoms with E-state index >= 15 is 0 Å². The molecular weight excluding hydrogens is 446 g/mol. The molecule has 8 heteroatoms. The van der Waals surface area contributed by atoms with Gasteiger partial charge in [0, 0.05) is 17.5 Å². The molecule has 1 atom stereocenters. The first-order chi connectivity index (χ1) is 16.2. The Hall–Kier alpha value is -2.45. The van der Waals surface area contributed by atoms with Crippen molar-refractivity contribution in [1.82, 2.24) is 14.9 Å². The van der Waals surface area contributed by atoms with Crippen molar-refractivity contribution in [2.24, 2.45) is 5.92 Å². The number of nitrogens with one attached hydrogen (secondary N) is 1. The van der Waals surface area contributed by atoms with Crippen LogP contribution in [0.25, 0.3) is 11.0 Å². The van der Waals surface area contributed by atoms with Crippen molar-refractivity contribution in [3.8, 4) is 0 Å². The molecule has 1 saturated carbocycles. The summed E-state index contributed by atoms with van der Waals surface area (Å²) in [4.78, 5) is 4.49. The zero-order chi connectivity index (χ0) is 23.9. The Kier molecular flexibility index (Phi) is 6.14. The SMILES string of the molecule is CC(OCC1(c2ccc(F)cc2)CCNCC1)c1cc(C(F)(F)F)cc2c1ncn2CC1CC1. The zero-order valence-electron chi connectivity index (χ0n) is 19.2. The van der Waals surface area contributed by atoms with Gasteiger partial charge in [-0.3, -0.25) is 0 Å². The minimum atomic E-state index is -4.46. The highest BCUT2D eigenvalue weighted by molar-refractivity contribution is 5.80. The predicted octanol–water partition coefficient (Wildman–Crippen LogP) is 6.00. The molecule has 2 heterocycles. The van der Waals surface area contributed by atoms with E-state index in [4.69, 9.17) is 4.74 Å². The largest absolute Gasteiger partial charge is 0.416 e. The van der Waals surface area contributed by atoms with Crippen LogP contribution in [0, 0.1) is 11.7 Å². The molecule has 5 rings (SSSR count). The molecule has 4 nitrogen and oxygen atoms in total. The lowest BCUT2D eigenvalue weighted by atomic mass is 9.74. The van der Waals surface area contributed by atoms with E-state index in [1.54, 1.807) is 25.4 Å². The first kappa shape index (κ1) is 23.3. The third-order valence-corrected chi connectivity index (χ3v) is 7.30. The lowest BCUT2D eigenvalue weighted by Crippen LogP contribution is -2.43. The van der Waals surface area contributed by atoms with Crippen LogP contribution in [0.1, 0.15) is 55.4 Å². The van der Waals surface area contributed by atoms with E-state index in [-0.39, 0.29) is 11.2 Å². The van der Waals surface area contributed by atoms with Crippen LogP contribution in [0.2, 0.25) is 0 Å². The highest BCUT2D eigenvalue weighted by atomic mass is 19.4. The fourth-order valence-electron chi connectivity index (χ4n) is 4.99. The van der Waals surface area contributed by atoms with Crippen molar-refractivity contribution in [3.05, 3.63) is 65.2 Å². The van der Waals surface area contributed by atoms with Gasteiger partial charge in [0.1, 0.15) is 5.82 Å². The van der Waals surface area contributed by atoms with Crippen LogP contribution in [0.4, 0.5) is 17.6 Å². The molecule has 0 bridgehead atoms. The van der Waals surface area contributed by atoms with Gasteiger partial charge in [-0.2, -0.15) is 13.2 Å². The normalized spacial score (nSPS) is 19.4. The molecule has 0 radical (unpaired) electrons. The highest BCUT2D eigenvalue weighted by Gasteiger charge is 2.36. The first-order valence-electron chi connectivity index (χ1n) is 11.9. The molecule has 1 N–H and O–H groups in total. The number of hydrogen-bond acceptors (Lipinski definition) is 3. The van der Waals surface area contributed by atoms with Gasteiger partial charge in [0.05, 0.1) is 35.6 Å². The summed E-state index contributed by atoms with van der Waals surface area (Å²) >= 11 is 0. The third-order valence-electron chi connectivity index (χ3n) is 7.30. The van der Waals surface area contributed by atoms with Crippen LogP contribution in [0.5, 0.6) is 0 Å². The van der Waals surface area contributed by atoms with E-state index in [9.17, 15) is 17.6 Å². The number of hydrogen-bond donors (Lipinski definition) is 1. The number of aromatic nitrogens is 2. The number of imidazole rings is 1. The van der Waals surface area contributed by atoms with Crippen molar-refractivity contribution in [1.29, 1.82) is 0 Å². The van der Waals surface area contributed by atoms with E-state index < -0.39 is 17.8 Å². The fraction of sp³-hybridized carbons (Fsp3) is 0.500. The van der Waals surface area contributed by atoms with Gasteiger partial charge in [0.25, 0.3) is 0 Å². The van der Waals surface area contributed by atoms with Gasteiger partial charge in [-0.15, -0.1) is 0 Å². The Bertz CT molecular complexity index is 1150. The van der Waals surface area contributed by atoms with Gasteiger partial charge in [0.15, 0.2) is 0 Å². The molecular formula is C26H29F4N3O. The lowest BCUT2D eigenvalue weighted by Gasteiger charge is -2.38. The van der Waals surface area contributed by atoms with Gasteiger partial charge < -0.3 is 14.6 Å². The molecule has 2 aliphatic rings. The second-order valence-corrected chi connectivity index (χ2v) is 9.76. The molecule has 3 aromatic rings. The highest BCUT2D eigenvalue weighted by Crippen LogP contribution is 2.39. The maximum atomic E-state index is 13.8. The fourth-order valence-corrected chi connectivity index (χ4v) is 4.99. The Morgan fingerprint density at radius 3 is 2.50 bits per heavy atom. The number of benzene rings is 2. The molecule has 1 aliphatic heterocycles. The number of piperidine rings is 1. The number of nitrogens with zero attached hydrogens (tertiary/aromatic N) is 2. The monoisotopic (exact) mass is 475 g/mol. The van der Waals surface area contributed by atoms with Crippen molar-refractivity contribution >= 4 is 11.0 Å². The Morgan fingerprint density at radius 2 is 1.85 bits per heavy atom. The van der Waals surface area contributed by atoms with Crippen molar-refractivity contribution in [2.45, 2.75) is 56.8 Å². The number of halogens is 4. The topological polar surface area (TPSA) is 39.1 Å². The summed E-state index contributed by atoms with van der Waals surface area (Å²) in [7, 11) is 0. The van der Waals surface area contributed by atoms with Gasteiger partial charge in [0.2, 0.25) is 0 Å². The van der Waals surface area contributed by atoms with Crippen molar-refractivity contribution in [2.75, 3.05) is 19.7 Å². The van der Waals surface area contributed by atoms with Crippen molar-refractivity contribution in [3.63, 3.8) is 0 Å². The summed E-state index contributed by atoms with van der Waals surface area (Å²) in [6.07, 6.45) is 0.421. The first-order valence-corrected chi connectivity index (χ1v) is 11.9. The Morgan fingerprint density at radius 1 is 1.15 bits per heavy atom. The third kappa shape index (κ3) is 4.70.